The zero-order valence-electron chi connectivity index (χ0n) is 9.90. The largest absolute Gasteiger partial charge is 0.383 e. The van der Waals surface area contributed by atoms with Crippen LogP contribution in [0.25, 0.3) is 0 Å². The predicted octanol–water partition coefficient (Wildman–Crippen LogP) is 2.98. The van der Waals surface area contributed by atoms with E-state index in [9.17, 15) is 14.3 Å². The quantitative estimate of drug-likeness (QED) is 0.876. The van der Waals surface area contributed by atoms with Crippen LogP contribution in [-0.2, 0) is 5.60 Å². The number of hydrogen-bond acceptors (Lipinski definition) is 6. The molecule has 0 unspecified atom stereocenters. The first-order valence-corrected chi connectivity index (χ1v) is 7.52. The summed E-state index contributed by atoms with van der Waals surface area (Å²) in [4.78, 5) is 11.8. The van der Waals surface area contributed by atoms with Gasteiger partial charge in [0.25, 0.3) is 5.91 Å². The van der Waals surface area contributed by atoms with Crippen molar-refractivity contribution in [3.05, 3.63) is 25.6 Å². The van der Waals surface area contributed by atoms with Gasteiger partial charge in [0.15, 0.2) is 0 Å². The molecule has 0 aliphatic rings. The third kappa shape index (κ3) is 3.35. The average Bonchev–Trinajstić information content (AvgIpc) is 2.84. The van der Waals surface area contributed by atoms with Crippen LogP contribution in [0, 0.1) is 5.82 Å². The summed E-state index contributed by atoms with van der Waals surface area (Å²) in [6.07, 6.45) is 0. The first kappa shape index (κ1) is 14.5. The first-order chi connectivity index (χ1) is 8.77. The lowest BCUT2D eigenvalue weighted by molar-refractivity contribution is 0.0775. The number of carbonyl (C=O) groups is 1. The maximum Gasteiger partial charge on any atom is 0.270 e. The summed E-state index contributed by atoms with van der Waals surface area (Å²) >= 11 is 5.14. The molecule has 0 aliphatic carbocycles. The van der Waals surface area contributed by atoms with Crippen LogP contribution in [0.1, 0.15) is 28.5 Å². The molecule has 19 heavy (non-hydrogen) atoms. The van der Waals surface area contributed by atoms with E-state index in [1.807, 2.05) is 0 Å². The van der Waals surface area contributed by atoms with Crippen molar-refractivity contribution >= 4 is 49.6 Å². The molecular formula is C10H9BrFN3O2S2. The van der Waals surface area contributed by atoms with Gasteiger partial charge in [0, 0.05) is 0 Å². The van der Waals surface area contributed by atoms with Gasteiger partial charge in [-0.1, -0.05) is 11.3 Å². The molecule has 0 radical (unpaired) electrons. The monoisotopic (exact) mass is 365 g/mol. The van der Waals surface area contributed by atoms with Gasteiger partial charge in [0.1, 0.15) is 21.3 Å². The number of carbonyl (C=O) groups excluding carboxylic acids is 1. The van der Waals surface area contributed by atoms with Gasteiger partial charge >= 0.3 is 0 Å². The molecule has 9 heteroatoms. The molecule has 2 aromatic rings. The van der Waals surface area contributed by atoms with Crippen LogP contribution in [0.4, 0.5) is 9.52 Å². The SMILES string of the molecule is CC(C)(O)c1nnc(NC(=O)c2sc(Br)cc2F)s1. The van der Waals surface area contributed by atoms with Crippen molar-refractivity contribution < 1.29 is 14.3 Å². The lowest BCUT2D eigenvalue weighted by atomic mass is 10.2. The Labute approximate surface area is 124 Å². The second kappa shape index (κ2) is 5.23. The Morgan fingerprint density at radius 1 is 1.47 bits per heavy atom. The third-order valence-corrected chi connectivity index (χ3v) is 4.80. The Bertz CT molecular complexity index is 621. The van der Waals surface area contributed by atoms with E-state index in [4.69, 9.17) is 0 Å². The number of thiophene rings is 1. The minimum Gasteiger partial charge on any atom is -0.383 e. The number of aromatic nitrogens is 2. The number of hydrogen-bond donors (Lipinski definition) is 2. The maximum absolute atomic E-state index is 13.4. The van der Waals surface area contributed by atoms with Gasteiger partial charge in [0.2, 0.25) is 5.13 Å². The number of rotatable bonds is 3. The molecule has 0 aromatic carbocycles. The summed E-state index contributed by atoms with van der Waals surface area (Å²) < 4.78 is 13.9. The molecule has 0 atom stereocenters. The van der Waals surface area contributed by atoms with Crippen molar-refractivity contribution in [2.75, 3.05) is 5.32 Å². The normalized spacial score (nSPS) is 11.6. The number of nitrogens with zero attached hydrogens (tertiary/aromatic N) is 2. The Morgan fingerprint density at radius 3 is 2.63 bits per heavy atom. The van der Waals surface area contributed by atoms with Crippen molar-refractivity contribution in [2.45, 2.75) is 19.4 Å². The van der Waals surface area contributed by atoms with E-state index in [2.05, 4.69) is 31.4 Å². The summed E-state index contributed by atoms with van der Waals surface area (Å²) in [5.41, 5.74) is -1.13. The second-order valence-corrected chi connectivity index (χ2v) is 7.56. The van der Waals surface area contributed by atoms with Crippen molar-refractivity contribution in [2.24, 2.45) is 0 Å². The molecule has 102 valence electrons. The smallest absolute Gasteiger partial charge is 0.270 e. The molecule has 2 heterocycles. The fourth-order valence-corrected chi connectivity index (χ4v) is 3.25. The molecular weight excluding hydrogens is 357 g/mol. The van der Waals surface area contributed by atoms with Crippen molar-refractivity contribution in [3.8, 4) is 0 Å². The highest BCUT2D eigenvalue weighted by molar-refractivity contribution is 9.11. The molecule has 0 saturated carbocycles. The van der Waals surface area contributed by atoms with Gasteiger partial charge in [0.05, 0.1) is 3.79 Å². The van der Waals surface area contributed by atoms with Crippen LogP contribution < -0.4 is 5.32 Å². The van der Waals surface area contributed by atoms with E-state index in [0.717, 1.165) is 22.7 Å². The Balaban J connectivity index is 2.16. The van der Waals surface area contributed by atoms with E-state index in [1.165, 1.54) is 6.07 Å². The topological polar surface area (TPSA) is 75.1 Å². The van der Waals surface area contributed by atoms with Gasteiger partial charge < -0.3 is 5.11 Å². The summed E-state index contributed by atoms with van der Waals surface area (Å²) in [5.74, 6) is -1.19. The molecule has 5 nitrogen and oxygen atoms in total. The number of anilines is 1. The van der Waals surface area contributed by atoms with Crippen LogP contribution in [0.3, 0.4) is 0 Å². The van der Waals surface area contributed by atoms with Crippen LogP contribution >= 0.6 is 38.6 Å². The van der Waals surface area contributed by atoms with Crippen molar-refractivity contribution in [3.63, 3.8) is 0 Å². The van der Waals surface area contributed by atoms with Crippen LogP contribution in [-0.4, -0.2) is 21.2 Å². The van der Waals surface area contributed by atoms with Gasteiger partial charge in [-0.15, -0.1) is 21.5 Å². The highest BCUT2D eigenvalue weighted by Crippen LogP contribution is 2.29. The average molecular weight is 366 g/mol. The fourth-order valence-electron chi connectivity index (χ4n) is 1.17. The van der Waals surface area contributed by atoms with Gasteiger partial charge in [-0.2, -0.15) is 0 Å². The minimum atomic E-state index is -1.13. The zero-order chi connectivity index (χ0) is 14.2. The zero-order valence-corrected chi connectivity index (χ0v) is 13.1. The first-order valence-electron chi connectivity index (χ1n) is 5.10. The standard InChI is InChI=1S/C10H9BrFN3O2S2/c1-10(2,17)8-14-15-9(19-8)13-7(16)6-4(12)3-5(11)18-6/h3,17H,1-2H3,(H,13,15,16). The molecule has 0 saturated heterocycles. The van der Waals surface area contributed by atoms with Gasteiger partial charge in [-0.3, -0.25) is 10.1 Å². The lowest BCUT2D eigenvalue weighted by Gasteiger charge is -2.10. The van der Waals surface area contributed by atoms with Crippen LogP contribution in [0.5, 0.6) is 0 Å². The summed E-state index contributed by atoms with van der Waals surface area (Å²) in [5, 5.41) is 20.3. The van der Waals surface area contributed by atoms with E-state index >= 15 is 0 Å². The summed E-state index contributed by atoms with van der Waals surface area (Å²) in [6, 6.07) is 1.22. The van der Waals surface area contributed by atoms with Gasteiger partial charge in [-0.25, -0.2) is 4.39 Å². The number of nitrogens with one attached hydrogen (secondary N) is 1. The molecule has 2 aromatic heterocycles. The van der Waals surface area contributed by atoms with E-state index in [-0.39, 0.29) is 10.0 Å². The van der Waals surface area contributed by atoms with Crippen molar-refractivity contribution in [1.29, 1.82) is 0 Å². The number of halogens is 2. The summed E-state index contributed by atoms with van der Waals surface area (Å²) in [6.45, 7) is 3.13. The Hall–Kier alpha value is -0.900. The number of amides is 1. The summed E-state index contributed by atoms with van der Waals surface area (Å²) in [7, 11) is 0. The van der Waals surface area contributed by atoms with Gasteiger partial charge in [-0.05, 0) is 35.8 Å². The molecule has 1 amide bonds. The van der Waals surface area contributed by atoms with Crippen molar-refractivity contribution in [1.82, 2.24) is 10.2 Å². The molecule has 0 spiro atoms. The van der Waals surface area contributed by atoms with E-state index in [0.29, 0.717) is 8.79 Å². The molecule has 0 bridgehead atoms. The highest BCUT2D eigenvalue weighted by Gasteiger charge is 2.23. The Kier molecular flexibility index (Phi) is 4.00. The number of aliphatic hydroxyl groups is 1. The van der Waals surface area contributed by atoms with E-state index < -0.39 is 17.3 Å². The molecule has 2 N–H and O–H groups in total. The maximum atomic E-state index is 13.4. The predicted molar refractivity (Wildman–Crippen MR) is 75.1 cm³/mol. The van der Waals surface area contributed by atoms with Crippen LogP contribution in [0.2, 0.25) is 0 Å². The molecule has 0 aliphatic heterocycles. The fraction of sp³-hybridized carbons (Fsp3) is 0.300. The lowest BCUT2D eigenvalue weighted by Crippen LogP contribution is -2.14. The second-order valence-electron chi connectivity index (χ2n) is 4.15. The Morgan fingerprint density at radius 2 is 2.16 bits per heavy atom. The van der Waals surface area contributed by atoms with Crippen LogP contribution in [0.15, 0.2) is 9.85 Å². The van der Waals surface area contributed by atoms with E-state index in [1.54, 1.807) is 13.8 Å². The third-order valence-electron chi connectivity index (χ3n) is 2.03. The minimum absolute atomic E-state index is 0.0353. The highest BCUT2D eigenvalue weighted by atomic mass is 79.9. The molecule has 2 rings (SSSR count). The molecule has 0 fully saturated rings.